The highest BCUT2D eigenvalue weighted by molar-refractivity contribution is 6.02. The van der Waals surface area contributed by atoms with E-state index in [2.05, 4.69) is 43.0 Å². The number of phenols is 2. The summed E-state index contributed by atoms with van der Waals surface area (Å²) in [6.07, 6.45) is 5.36. The van der Waals surface area contributed by atoms with Gasteiger partial charge in [0.15, 0.2) is 0 Å². The molecule has 0 atom stereocenters. The molecular formula is C33H29N3O4. The Balaban J connectivity index is 1.44. The number of ether oxygens (including phenoxy) is 1. The average molecular weight is 532 g/mol. The van der Waals surface area contributed by atoms with Crippen LogP contribution in [0.5, 0.6) is 23.0 Å². The van der Waals surface area contributed by atoms with Crippen molar-refractivity contribution in [1.82, 2.24) is 5.01 Å². The fourth-order valence-corrected chi connectivity index (χ4v) is 5.72. The van der Waals surface area contributed by atoms with Crippen molar-refractivity contribution in [1.29, 1.82) is 0 Å². The number of carbonyl (C=O) groups excluding carboxylic acids is 1. The van der Waals surface area contributed by atoms with E-state index >= 15 is 0 Å². The van der Waals surface area contributed by atoms with Crippen molar-refractivity contribution in [2.45, 2.75) is 19.4 Å². The van der Waals surface area contributed by atoms with Gasteiger partial charge in [-0.3, -0.25) is 4.79 Å². The summed E-state index contributed by atoms with van der Waals surface area (Å²) in [6, 6.07) is 25.4. The van der Waals surface area contributed by atoms with Crippen molar-refractivity contribution in [3.8, 4) is 23.0 Å². The maximum atomic E-state index is 13.9. The van der Waals surface area contributed by atoms with Gasteiger partial charge >= 0.3 is 0 Å². The van der Waals surface area contributed by atoms with E-state index in [9.17, 15) is 15.0 Å². The molecule has 0 bridgehead atoms. The molecule has 2 aliphatic heterocycles. The summed E-state index contributed by atoms with van der Waals surface area (Å²) >= 11 is 0. The van der Waals surface area contributed by atoms with E-state index in [1.807, 2.05) is 30.4 Å². The monoisotopic (exact) mass is 531 g/mol. The molecule has 0 fully saturated rings. The summed E-state index contributed by atoms with van der Waals surface area (Å²) in [7, 11) is 0. The van der Waals surface area contributed by atoms with Crippen molar-refractivity contribution < 1.29 is 19.7 Å². The standard InChI is InChI=1S/C33H29N3O4/c1-3-35(4-2)23-13-11-22(12-14-23)8-7-19-34-36-32(39)26-9-5-6-10-27(26)33(36)28-17-15-24(37)20-30(28)40-31-21-25(38)16-18-29(31)33/h5-21,37-38H,3-4H2,1-2H3/b8-7+,34-19+. The van der Waals surface area contributed by atoms with E-state index < -0.39 is 5.54 Å². The number of allylic oxidation sites excluding steroid dienone is 1. The van der Waals surface area contributed by atoms with Crippen molar-refractivity contribution in [2.75, 3.05) is 18.0 Å². The number of rotatable bonds is 6. The summed E-state index contributed by atoms with van der Waals surface area (Å²) < 4.78 is 6.12. The molecule has 1 amide bonds. The molecule has 7 nitrogen and oxygen atoms in total. The lowest BCUT2D eigenvalue weighted by Crippen LogP contribution is -2.44. The number of hydrogen-bond acceptors (Lipinski definition) is 6. The molecule has 0 aromatic heterocycles. The molecule has 0 saturated heterocycles. The predicted octanol–water partition coefficient (Wildman–Crippen LogP) is 6.50. The molecule has 0 aliphatic carbocycles. The van der Waals surface area contributed by atoms with Gasteiger partial charge in [0.05, 0.1) is 0 Å². The number of aromatic hydroxyl groups is 2. The molecule has 200 valence electrons. The Morgan fingerprint density at radius 3 is 2.10 bits per heavy atom. The van der Waals surface area contributed by atoms with Gasteiger partial charge in [0.1, 0.15) is 28.5 Å². The Morgan fingerprint density at radius 2 is 1.48 bits per heavy atom. The number of amides is 1. The molecule has 0 radical (unpaired) electrons. The number of carbonyl (C=O) groups is 1. The van der Waals surface area contributed by atoms with Crippen LogP contribution in [-0.4, -0.2) is 40.4 Å². The third kappa shape index (κ3) is 3.90. The Morgan fingerprint density at radius 1 is 0.850 bits per heavy atom. The summed E-state index contributed by atoms with van der Waals surface area (Å²) in [6.45, 7) is 6.17. The van der Waals surface area contributed by atoms with Gasteiger partial charge in [-0.2, -0.15) is 5.10 Å². The molecule has 4 aromatic rings. The average Bonchev–Trinajstić information content (AvgIpc) is 3.20. The second kappa shape index (κ2) is 9.93. The number of anilines is 1. The second-order valence-corrected chi connectivity index (χ2v) is 9.72. The van der Waals surface area contributed by atoms with Crippen LogP contribution in [0, 0.1) is 0 Å². The Bertz CT molecular complexity index is 1600. The van der Waals surface area contributed by atoms with E-state index in [0.717, 1.165) is 24.2 Å². The molecule has 2 N–H and O–H groups in total. The summed E-state index contributed by atoms with van der Waals surface area (Å²) in [5.41, 5.74) is 3.62. The van der Waals surface area contributed by atoms with Gasteiger partial charge in [0.25, 0.3) is 5.91 Å². The van der Waals surface area contributed by atoms with Crippen molar-refractivity contribution in [3.63, 3.8) is 0 Å². The van der Waals surface area contributed by atoms with Gasteiger partial charge in [-0.15, -0.1) is 0 Å². The van der Waals surface area contributed by atoms with E-state index in [-0.39, 0.29) is 17.4 Å². The van der Waals surface area contributed by atoms with Crippen LogP contribution in [-0.2, 0) is 5.54 Å². The Kier molecular flexibility index (Phi) is 6.27. The number of nitrogens with zero attached hydrogens (tertiary/aromatic N) is 3. The van der Waals surface area contributed by atoms with Crippen LogP contribution in [0.2, 0.25) is 0 Å². The van der Waals surface area contributed by atoms with Gasteiger partial charge < -0.3 is 19.8 Å². The van der Waals surface area contributed by atoms with Gasteiger partial charge in [-0.1, -0.05) is 36.4 Å². The van der Waals surface area contributed by atoms with Crippen LogP contribution < -0.4 is 9.64 Å². The number of benzene rings is 4. The number of hydrazone groups is 1. The minimum absolute atomic E-state index is 0.0279. The van der Waals surface area contributed by atoms with E-state index in [1.54, 1.807) is 36.5 Å². The molecule has 6 rings (SSSR count). The molecule has 0 saturated carbocycles. The topological polar surface area (TPSA) is 85.6 Å². The first-order chi connectivity index (χ1) is 19.5. The third-order valence-corrected chi connectivity index (χ3v) is 7.57. The van der Waals surface area contributed by atoms with Crippen molar-refractivity contribution >= 4 is 23.9 Å². The highest BCUT2D eigenvalue weighted by Gasteiger charge is 2.57. The van der Waals surface area contributed by atoms with Gasteiger partial charge in [-0.05, 0) is 68.0 Å². The van der Waals surface area contributed by atoms with E-state index in [0.29, 0.717) is 28.2 Å². The highest BCUT2D eigenvalue weighted by Crippen LogP contribution is 2.58. The molecule has 0 unspecified atom stereocenters. The third-order valence-electron chi connectivity index (χ3n) is 7.57. The van der Waals surface area contributed by atoms with Crippen LogP contribution in [0.15, 0.2) is 96.1 Å². The molecule has 2 aliphatic rings. The van der Waals surface area contributed by atoms with Gasteiger partial charge in [0.2, 0.25) is 0 Å². The summed E-state index contributed by atoms with van der Waals surface area (Å²) in [5.74, 6) is 0.558. The first kappa shape index (κ1) is 25.2. The lowest BCUT2D eigenvalue weighted by molar-refractivity contribution is 0.0675. The van der Waals surface area contributed by atoms with Crippen LogP contribution in [0.1, 0.15) is 46.5 Å². The number of phenolic OH excluding ortho intramolecular Hbond substituents is 2. The first-order valence-corrected chi connectivity index (χ1v) is 13.3. The minimum Gasteiger partial charge on any atom is -0.508 e. The quantitative estimate of drug-likeness (QED) is 0.278. The number of fused-ring (bicyclic) bond motifs is 6. The highest BCUT2D eigenvalue weighted by atomic mass is 16.5. The normalized spacial score (nSPS) is 14.8. The first-order valence-electron chi connectivity index (χ1n) is 13.3. The Hall–Kier alpha value is -5.04. The predicted molar refractivity (Wildman–Crippen MR) is 156 cm³/mol. The Labute approximate surface area is 232 Å². The molecule has 1 spiro atoms. The van der Waals surface area contributed by atoms with Crippen LogP contribution in [0.25, 0.3) is 6.08 Å². The van der Waals surface area contributed by atoms with Crippen LogP contribution in [0.4, 0.5) is 5.69 Å². The second-order valence-electron chi connectivity index (χ2n) is 9.72. The van der Waals surface area contributed by atoms with Crippen molar-refractivity contribution in [3.05, 3.63) is 119 Å². The van der Waals surface area contributed by atoms with Crippen molar-refractivity contribution in [2.24, 2.45) is 5.10 Å². The largest absolute Gasteiger partial charge is 0.508 e. The molecule has 7 heteroatoms. The lowest BCUT2D eigenvalue weighted by atomic mass is 9.75. The lowest BCUT2D eigenvalue weighted by Gasteiger charge is -2.41. The molecular weight excluding hydrogens is 502 g/mol. The van der Waals surface area contributed by atoms with Gasteiger partial charge in [0, 0.05) is 59.4 Å². The number of hydrogen-bond donors (Lipinski definition) is 2. The van der Waals surface area contributed by atoms with Gasteiger partial charge in [-0.25, -0.2) is 5.01 Å². The zero-order valence-corrected chi connectivity index (χ0v) is 22.3. The fraction of sp³-hybridized carbons (Fsp3) is 0.152. The maximum Gasteiger partial charge on any atom is 0.275 e. The van der Waals surface area contributed by atoms with Crippen LogP contribution >= 0.6 is 0 Å². The minimum atomic E-state index is -1.16. The maximum absolute atomic E-state index is 13.9. The SMILES string of the molecule is CCN(CC)c1ccc(/C=C/C=N/N2C(=O)c3ccccc3C23c2ccc(O)cc2Oc2cc(O)ccc23)cc1. The molecule has 40 heavy (non-hydrogen) atoms. The zero-order chi connectivity index (χ0) is 27.9. The fourth-order valence-electron chi connectivity index (χ4n) is 5.72. The van der Waals surface area contributed by atoms with E-state index in [1.165, 1.54) is 22.8 Å². The summed E-state index contributed by atoms with van der Waals surface area (Å²) in [4.78, 5) is 16.2. The molecule has 2 heterocycles. The molecule has 4 aromatic carbocycles. The smallest absolute Gasteiger partial charge is 0.275 e. The zero-order valence-electron chi connectivity index (χ0n) is 22.3. The van der Waals surface area contributed by atoms with Crippen LogP contribution in [0.3, 0.4) is 0 Å². The summed E-state index contributed by atoms with van der Waals surface area (Å²) in [5, 5.41) is 26.7. The van der Waals surface area contributed by atoms with E-state index in [4.69, 9.17) is 9.84 Å².